The lowest BCUT2D eigenvalue weighted by molar-refractivity contribution is 0.324. The molecule has 6 heteroatoms. The van der Waals surface area contributed by atoms with Gasteiger partial charge in [-0.05, 0) is 26.2 Å². The first kappa shape index (κ1) is 15.3. The summed E-state index contributed by atoms with van der Waals surface area (Å²) in [6.07, 6.45) is 5.40. The number of nitrogens with zero attached hydrogens (tertiary/aromatic N) is 4. The summed E-state index contributed by atoms with van der Waals surface area (Å²) in [5.74, 6) is 3.48. The van der Waals surface area contributed by atoms with E-state index < -0.39 is 0 Å². The Hall–Kier alpha value is -1.59. The van der Waals surface area contributed by atoms with Gasteiger partial charge in [-0.15, -0.1) is 0 Å². The molecule has 3 aliphatic rings. The van der Waals surface area contributed by atoms with Crippen LogP contribution in [0.15, 0.2) is 15.0 Å². The smallest absolute Gasteiger partial charge is 0.101 e. The Balaban J connectivity index is 1.57. The zero-order valence-electron chi connectivity index (χ0n) is 13.8. The molecule has 0 saturated carbocycles. The monoisotopic (exact) mass is 304 g/mol. The van der Waals surface area contributed by atoms with Crippen LogP contribution in [-0.2, 0) is 0 Å². The van der Waals surface area contributed by atoms with Crippen molar-refractivity contribution < 1.29 is 0 Å². The summed E-state index contributed by atoms with van der Waals surface area (Å²) in [4.78, 5) is 16.2. The van der Waals surface area contributed by atoms with Crippen molar-refractivity contribution in [3.63, 3.8) is 0 Å². The van der Waals surface area contributed by atoms with Crippen molar-refractivity contribution in [1.29, 1.82) is 0 Å². The second-order valence-corrected chi connectivity index (χ2v) is 6.47. The molecular weight excluding hydrogens is 276 g/mol. The van der Waals surface area contributed by atoms with E-state index in [2.05, 4.69) is 32.6 Å². The number of hydrogen-bond donors (Lipinski definition) is 2. The minimum Gasteiger partial charge on any atom is -0.374 e. The highest BCUT2D eigenvalue weighted by Crippen LogP contribution is 2.18. The van der Waals surface area contributed by atoms with Gasteiger partial charge in [-0.2, -0.15) is 0 Å². The van der Waals surface area contributed by atoms with Gasteiger partial charge in [0, 0.05) is 58.2 Å². The molecule has 0 saturated heterocycles. The van der Waals surface area contributed by atoms with Gasteiger partial charge in [-0.25, -0.2) is 0 Å². The normalized spacial score (nSPS) is 29.0. The molecule has 3 rings (SSSR count). The Morgan fingerprint density at radius 3 is 2.73 bits per heavy atom. The molecule has 0 radical (unpaired) electrons. The lowest BCUT2D eigenvalue weighted by Crippen LogP contribution is -2.48. The van der Waals surface area contributed by atoms with Gasteiger partial charge in [0.1, 0.15) is 5.84 Å². The van der Waals surface area contributed by atoms with E-state index in [1.165, 1.54) is 11.7 Å². The van der Waals surface area contributed by atoms with Crippen molar-refractivity contribution in [3.05, 3.63) is 0 Å². The number of rotatable bonds is 4. The Morgan fingerprint density at radius 1 is 1.09 bits per heavy atom. The molecule has 2 N–H and O–H groups in total. The molecule has 0 aromatic carbocycles. The van der Waals surface area contributed by atoms with E-state index in [4.69, 9.17) is 4.99 Å². The van der Waals surface area contributed by atoms with Gasteiger partial charge in [0.15, 0.2) is 0 Å². The average Bonchev–Trinajstić information content (AvgIpc) is 2.52. The Labute approximate surface area is 133 Å². The summed E-state index contributed by atoms with van der Waals surface area (Å²) in [7, 11) is 2.19. The van der Waals surface area contributed by atoms with E-state index in [1.54, 1.807) is 0 Å². The van der Waals surface area contributed by atoms with Crippen LogP contribution in [0.25, 0.3) is 0 Å². The van der Waals surface area contributed by atoms with Crippen LogP contribution < -0.4 is 10.6 Å². The van der Waals surface area contributed by atoms with Crippen LogP contribution in [0.2, 0.25) is 0 Å². The minimum atomic E-state index is 0.475. The molecule has 0 aromatic heterocycles. The quantitative estimate of drug-likeness (QED) is 0.816. The molecule has 0 aromatic rings. The topological polar surface area (TPSA) is 64.4 Å². The highest BCUT2D eigenvalue weighted by atomic mass is 15.2. The average molecular weight is 304 g/mol. The molecule has 6 nitrogen and oxygen atoms in total. The summed E-state index contributed by atoms with van der Waals surface area (Å²) >= 11 is 0. The maximum Gasteiger partial charge on any atom is 0.101 e. The third-order valence-electron chi connectivity index (χ3n) is 4.78. The standard InChI is InChI=1S/C16H28N6/c1-12-17-8-4-13(21-12)10-16-20-9-5-14(22(16)2)11-15-18-6-3-7-19-15/h13-14H,3-11H2,1-2H3,(H,17,21)(H,18,19). The van der Waals surface area contributed by atoms with Crippen LogP contribution >= 0.6 is 0 Å². The fourth-order valence-corrected chi connectivity index (χ4v) is 3.42. The first-order valence-electron chi connectivity index (χ1n) is 8.53. The predicted octanol–water partition coefficient (Wildman–Crippen LogP) is 1.04. The van der Waals surface area contributed by atoms with E-state index in [0.717, 1.165) is 64.1 Å². The largest absolute Gasteiger partial charge is 0.374 e. The molecule has 3 aliphatic heterocycles. The van der Waals surface area contributed by atoms with Gasteiger partial charge in [-0.1, -0.05) is 0 Å². The van der Waals surface area contributed by atoms with E-state index in [-0.39, 0.29) is 0 Å². The van der Waals surface area contributed by atoms with Crippen molar-refractivity contribution in [3.8, 4) is 0 Å². The van der Waals surface area contributed by atoms with Crippen molar-refractivity contribution in [2.45, 2.75) is 51.1 Å². The molecule has 0 bridgehead atoms. The molecule has 0 amide bonds. The van der Waals surface area contributed by atoms with E-state index in [1.807, 2.05) is 6.92 Å². The maximum atomic E-state index is 4.78. The van der Waals surface area contributed by atoms with Gasteiger partial charge >= 0.3 is 0 Å². The summed E-state index contributed by atoms with van der Waals surface area (Å²) in [6.45, 7) is 5.97. The van der Waals surface area contributed by atoms with Crippen LogP contribution in [0.5, 0.6) is 0 Å². The van der Waals surface area contributed by atoms with Crippen molar-refractivity contribution in [2.75, 3.05) is 33.2 Å². The van der Waals surface area contributed by atoms with Crippen LogP contribution in [0.3, 0.4) is 0 Å². The zero-order chi connectivity index (χ0) is 15.4. The number of aliphatic imine (C=N–C) groups is 3. The Kier molecular flexibility index (Phi) is 4.95. The summed E-state index contributed by atoms with van der Waals surface area (Å²) in [5, 5.41) is 6.93. The summed E-state index contributed by atoms with van der Waals surface area (Å²) < 4.78 is 0. The lowest BCUT2D eigenvalue weighted by atomic mass is 10.0. The third-order valence-corrected chi connectivity index (χ3v) is 4.78. The fourth-order valence-electron chi connectivity index (χ4n) is 3.42. The molecule has 3 heterocycles. The molecule has 22 heavy (non-hydrogen) atoms. The van der Waals surface area contributed by atoms with Crippen LogP contribution in [0, 0.1) is 0 Å². The van der Waals surface area contributed by atoms with Gasteiger partial charge in [0.25, 0.3) is 0 Å². The second-order valence-electron chi connectivity index (χ2n) is 6.47. The first-order chi connectivity index (χ1) is 10.7. The Bertz CT molecular complexity index is 481. The predicted molar refractivity (Wildman–Crippen MR) is 92.1 cm³/mol. The van der Waals surface area contributed by atoms with Crippen LogP contribution in [-0.4, -0.2) is 67.7 Å². The number of amidine groups is 3. The van der Waals surface area contributed by atoms with Gasteiger partial charge < -0.3 is 15.5 Å². The molecule has 2 unspecified atom stereocenters. The maximum absolute atomic E-state index is 4.78. The highest BCUT2D eigenvalue weighted by Gasteiger charge is 2.26. The summed E-state index contributed by atoms with van der Waals surface area (Å²) in [5.41, 5.74) is 0. The van der Waals surface area contributed by atoms with E-state index in [0.29, 0.717) is 12.1 Å². The fraction of sp³-hybridized carbons (Fsp3) is 0.812. The first-order valence-corrected chi connectivity index (χ1v) is 8.53. The molecular formula is C16H28N6. The molecule has 122 valence electrons. The molecule has 0 spiro atoms. The SMILES string of the molecule is CC1=NCCC(CC2=NCCC(CC3=NCCCN3)N2C)N1. The number of hydrogen-bond acceptors (Lipinski definition) is 6. The minimum absolute atomic E-state index is 0.475. The third kappa shape index (κ3) is 3.78. The van der Waals surface area contributed by atoms with Gasteiger partial charge in [0.2, 0.25) is 0 Å². The Morgan fingerprint density at radius 2 is 1.95 bits per heavy atom. The highest BCUT2D eigenvalue weighted by molar-refractivity contribution is 5.87. The van der Waals surface area contributed by atoms with Crippen molar-refractivity contribution >= 4 is 17.5 Å². The molecule has 2 atom stereocenters. The van der Waals surface area contributed by atoms with Crippen LogP contribution in [0.4, 0.5) is 0 Å². The van der Waals surface area contributed by atoms with Gasteiger partial charge in [0.05, 0.1) is 11.7 Å². The van der Waals surface area contributed by atoms with E-state index in [9.17, 15) is 0 Å². The van der Waals surface area contributed by atoms with Gasteiger partial charge in [-0.3, -0.25) is 15.0 Å². The van der Waals surface area contributed by atoms with Crippen molar-refractivity contribution in [2.24, 2.45) is 15.0 Å². The number of nitrogens with one attached hydrogen (secondary N) is 2. The summed E-state index contributed by atoms with van der Waals surface area (Å²) in [6, 6.07) is 0.998. The van der Waals surface area contributed by atoms with Crippen molar-refractivity contribution in [1.82, 2.24) is 15.5 Å². The lowest BCUT2D eigenvalue weighted by Gasteiger charge is -2.37. The zero-order valence-corrected chi connectivity index (χ0v) is 13.8. The van der Waals surface area contributed by atoms with E-state index >= 15 is 0 Å². The molecule has 0 aliphatic carbocycles. The second kappa shape index (κ2) is 7.11. The van der Waals surface area contributed by atoms with Crippen LogP contribution in [0.1, 0.15) is 39.0 Å². The molecule has 0 fully saturated rings.